The molecule has 0 spiro atoms. The lowest BCUT2D eigenvalue weighted by Gasteiger charge is -2.27. The summed E-state index contributed by atoms with van der Waals surface area (Å²) in [5.74, 6) is 0.433. The summed E-state index contributed by atoms with van der Waals surface area (Å²) >= 11 is 0. The van der Waals surface area contributed by atoms with Crippen LogP contribution in [0.3, 0.4) is 0 Å². The molecule has 2 N–H and O–H groups in total. The number of imide groups is 1. The summed E-state index contributed by atoms with van der Waals surface area (Å²) in [6, 6.07) is -0.539. The average molecular weight is 288 g/mol. The van der Waals surface area contributed by atoms with E-state index in [4.69, 9.17) is 9.47 Å². The summed E-state index contributed by atoms with van der Waals surface area (Å²) < 4.78 is 11.0. The van der Waals surface area contributed by atoms with E-state index >= 15 is 0 Å². The van der Waals surface area contributed by atoms with E-state index in [1.54, 1.807) is 6.92 Å². The molecule has 1 unspecified atom stereocenters. The molecule has 6 nitrogen and oxygen atoms in total. The van der Waals surface area contributed by atoms with Crippen LogP contribution in [0.2, 0.25) is 0 Å². The molecule has 0 aromatic rings. The second-order valence-electron chi connectivity index (χ2n) is 5.31. The van der Waals surface area contributed by atoms with Gasteiger partial charge in [-0.3, -0.25) is 10.1 Å². The second kappa shape index (κ2) is 5.12. The summed E-state index contributed by atoms with van der Waals surface area (Å²) in [7, 11) is 0. The zero-order chi connectivity index (χ0) is 14.9. The number of allylic oxidation sites excluding steroid dienone is 4. The van der Waals surface area contributed by atoms with Crippen molar-refractivity contribution in [1.82, 2.24) is 10.6 Å². The van der Waals surface area contributed by atoms with Crippen molar-refractivity contribution in [1.29, 1.82) is 0 Å². The minimum absolute atomic E-state index is 0.273. The molecule has 2 heterocycles. The van der Waals surface area contributed by atoms with Crippen LogP contribution in [-0.4, -0.2) is 17.5 Å². The highest BCUT2D eigenvalue weighted by molar-refractivity contribution is 6.08. The van der Waals surface area contributed by atoms with Crippen molar-refractivity contribution in [3.05, 3.63) is 47.8 Å². The minimum Gasteiger partial charge on any atom is -0.465 e. The lowest BCUT2D eigenvalue weighted by molar-refractivity contribution is -0.123. The maximum atomic E-state index is 11.9. The Hall–Kier alpha value is -2.50. The summed E-state index contributed by atoms with van der Waals surface area (Å²) in [4.78, 5) is 23.2. The van der Waals surface area contributed by atoms with Gasteiger partial charge in [-0.2, -0.15) is 0 Å². The number of carbonyl (C=O) groups is 2. The molecule has 1 atom stereocenters. The molecule has 0 saturated carbocycles. The molecule has 110 valence electrons. The molecule has 1 aliphatic carbocycles. The molecule has 3 amide bonds. The topological polar surface area (TPSA) is 76.7 Å². The van der Waals surface area contributed by atoms with Crippen LogP contribution in [-0.2, 0) is 14.3 Å². The van der Waals surface area contributed by atoms with E-state index in [9.17, 15) is 9.59 Å². The Kier molecular flexibility index (Phi) is 3.29. The predicted molar refractivity (Wildman–Crippen MR) is 74.5 cm³/mol. The molecular weight excluding hydrogens is 272 g/mol. The number of amides is 3. The van der Waals surface area contributed by atoms with Crippen LogP contribution >= 0.6 is 0 Å². The Labute approximate surface area is 122 Å². The van der Waals surface area contributed by atoms with Gasteiger partial charge in [0, 0.05) is 6.42 Å². The molecule has 0 aromatic carbocycles. The summed E-state index contributed by atoms with van der Waals surface area (Å²) in [5, 5.41) is 4.74. The first-order valence-electron chi connectivity index (χ1n) is 6.79. The fourth-order valence-corrected chi connectivity index (χ4v) is 2.40. The SMILES string of the molecule is CC1(C2=COC=C(CC3=CC=CCC3)O2)NC(=O)NC1=O. The highest BCUT2D eigenvalue weighted by Gasteiger charge is 2.48. The lowest BCUT2D eigenvalue weighted by Crippen LogP contribution is -2.46. The first kappa shape index (κ1) is 13.5. The molecule has 0 radical (unpaired) electrons. The van der Waals surface area contributed by atoms with Crippen LogP contribution in [0.5, 0.6) is 0 Å². The largest absolute Gasteiger partial charge is 0.465 e. The first-order chi connectivity index (χ1) is 10.1. The molecule has 0 aromatic heterocycles. The minimum atomic E-state index is -1.24. The van der Waals surface area contributed by atoms with Crippen molar-refractivity contribution in [3.63, 3.8) is 0 Å². The van der Waals surface area contributed by atoms with E-state index in [1.165, 1.54) is 18.1 Å². The van der Waals surface area contributed by atoms with Gasteiger partial charge in [0.25, 0.3) is 5.91 Å². The third kappa shape index (κ3) is 2.56. The van der Waals surface area contributed by atoms with Crippen LogP contribution in [0.15, 0.2) is 47.8 Å². The number of rotatable bonds is 3. The third-order valence-corrected chi connectivity index (χ3v) is 3.65. The Morgan fingerprint density at radius 3 is 2.86 bits per heavy atom. The molecule has 1 fully saturated rings. The smallest absolute Gasteiger partial charge is 0.322 e. The van der Waals surface area contributed by atoms with Crippen molar-refractivity contribution in [2.45, 2.75) is 31.7 Å². The summed E-state index contributed by atoms with van der Waals surface area (Å²) in [6.45, 7) is 1.58. The van der Waals surface area contributed by atoms with Gasteiger partial charge in [0.15, 0.2) is 11.3 Å². The van der Waals surface area contributed by atoms with Crippen LogP contribution < -0.4 is 10.6 Å². The van der Waals surface area contributed by atoms with Crippen LogP contribution in [0, 0.1) is 0 Å². The van der Waals surface area contributed by atoms with Crippen LogP contribution in [0.1, 0.15) is 26.2 Å². The normalized spacial score (nSPS) is 27.8. The van der Waals surface area contributed by atoms with Gasteiger partial charge >= 0.3 is 6.03 Å². The van der Waals surface area contributed by atoms with Crippen LogP contribution in [0.25, 0.3) is 0 Å². The number of ether oxygens (including phenoxy) is 2. The Bertz CT molecular complexity index is 615. The fraction of sp³-hybridized carbons (Fsp3) is 0.333. The summed E-state index contributed by atoms with van der Waals surface area (Å²) in [6.07, 6.45) is 11.6. The van der Waals surface area contributed by atoms with Crippen molar-refractivity contribution < 1.29 is 19.1 Å². The molecule has 2 aliphatic heterocycles. The number of nitrogens with one attached hydrogen (secondary N) is 2. The number of hydrogen-bond acceptors (Lipinski definition) is 4. The maximum Gasteiger partial charge on any atom is 0.322 e. The summed E-state index contributed by atoms with van der Waals surface area (Å²) in [5.41, 5.74) is -0.00378. The fourth-order valence-electron chi connectivity index (χ4n) is 2.40. The van der Waals surface area contributed by atoms with Crippen molar-refractivity contribution in [3.8, 4) is 0 Å². The third-order valence-electron chi connectivity index (χ3n) is 3.65. The lowest BCUT2D eigenvalue weighted by atomic mass is 9.99. The molecule has 1 saturated heterocycles. The molecular formula is C15H16N2O4. The predicted octanol–water partition coefficient (Wildman–Crippen LogP) is 1.98. The van der Waals surface area contributed by atoms with Gasteiger partial charge in [0.2, 0.25) is 0 Å². The monoisotopic (exact) mass is 288 g/mol. The molecule has 21 heavy (non-hydrogen) atoms. The van der Waals surface area contributed by atoms with Crippen LogP contribution in [0.4, 0.5) is 4.79 Å². The first-order valence-corrected chi connectivity index (χ1v) is 6.79. The van der Waals surface area contributed by atoms with E-state index in [1.807, 2.05) is 6.08 Å². The van der Waals surface area contributed by atoms with Gasteiger partial charge < -0.3 is 14.8 Å². The average Bonchev–Trinajstić information content (AvgIpc) is 2.74. The van der Waals surface area contributed by atoms with E-state index in [-0.39, 0.29) is 5.76 Å². The van der Waals surface area contributed by atoms with E-state index in [0.717, 1.165) is 12.8 Å². The van der Waals surface area contributed by atoms with E-state index in [2.05, 4.69) is 22.8 Å². The van der Waals surface area contributed by atoms with Crippen molar-refractivity contribution in [2.75, 3.05) is 0 Å². The number of carbonyl (C=O) groups excluding carboxylic acids is 2. The van der Waals surface area contributed by atoms with E-state index in [0.29, 0.717) is 12.2 Å². The zero-order valence-corrected chi connectivity index (χ0v) is 11.6. The Balaban J connectivity index is 1.71. The quantitative estimate of drug-likeness (QED) is 0.779. The highest BCUT2D eigenvalue weighted by atomic mass is 16.5. The molecule has 3 aliphatic rings. The van der Waals surface area contributed by atoms with Crippen molar-refractivity contribution in [2.24, 2.45) is 0 Å². The highest BCUT2D eigenvalue weighted by Crippen LogP contribution is 2.30. The Morgan fingerprint density at radius 1 is 1.33 bits per heavy atom. The zero-order valence-electron chi connectivity index (χ0n) is 11.6. The van der Waals surface area contributed by atoms with Crippen molar-refractivity contribution >= 4 is 11.9 Å². The van der Waals surface area contributed by atoms with Gasteiger partial charge in [-0.25, -0.2) is 4.79 Å². The maximum absolute atomic E-state index is 11.9. The van der Waals surface area contributed by atoms with Gasteiger partial charge in [-0.1, -0.05) is 23.8 Å². The Morgan fingerprint density at radius 2 is 2.19 bits per heavy atom. The molecule has 6 heteroatoms. The van der Waals surface area contributed by atoms with Gasteiger partial charge in [0.1, 0.15) is 18.3 Å². The molecule has 0 bridgehead atoms. The standard InChI is InChI=1S/C15H16N2O4/c1-15(13(18)16-14(19)17-15)12-9-20-8-11(21-12)7-10-5-3-2-4-6-10/h2-3,5,8-9H,4,6-7H2,1H3,(H2,16,17,18,19). The number of hydrogen-bond donors (Lipinski definition) is 2. The van der Waals surface area contributed by atoms with Gasteiger partial charge in [-0.15, -0.1) is 0 Å². The van der Waals surface area contributed by atoms with E-state index < -0.39 is 17.5 Å². The van der Waals surface area contributed by atoms with Gasteiger partial charge in [0.05, 0.1) is 0 Å². The van der Waals surface area contributed by atoms with Gasteiger partial charge in [-0.05, 0) is 19.8 Å². The molecule has 3 rings (SSSR count). The second-order valence-corrected chi connectivity index (χ2v) is 5.31. The number of urea groups is 1.